The number of thiocarbonyl (C=S) groups is 1. The molecule has 0 unspecified atom stereocenters. The minimum atomic E-state index is 0.493. The van der Waals surface area contributed by atoms with Gasteiger partial charge in [-0.25, -0.2) is 0 Å². The van der Waals surface area contributed by atoms with Crippen molar-refractivity contribution < 1.29 is 14.2 Å². The molecule has 1 heterocycles. The number of benzene rings is 1. The minimum absolute atomic E-state index is 0.493. The monoisotopic (exact) mass is 352 g/mol. The highest BCUT2D eigenvalue weighted by molar-refractivity contribution is 7.80. The van der Waals surface area contributed by atoms with Crippen LogP contribution >= 0.6 is 12.2 Å². The van der Waals surface area contributed by atoms with Gasteiger partial charge in [0.15, 0.2) is 5.11 Å². The van der Waals surface area contributed by atoms with Crippen molar-refractivity contribution in [2.75, 3.05) is 53.6 Å². The Bertz CT molecular complexity index is 562. The second kappa shape index (κ2) is 10.1. The van der Waals surface area contributed by atoms with Gasteiger partial charge in [-0.15, -0.1) is 0 Å². The van der Waals surface area contributed by atoms with Gasteiger partial charge in [-0.05, 0) is 24.4 Å². The topological polar surface area (TPSA) is 67.4 Å². The summed E-state index contributed by atoms with van der Waals surface area (Å²) in [7, 11) is 3.22. The third-order valence-electron chi connectivity index (χ3n) is 3.63. The highest BCUT2D eigenvalue weighted by Gasteiger charge is 2.09. The summed E-state index contributed by atoms with van der Waals surface area (Å²) >= 11 is 5.21. The number of nitrogens with one attached hydrogen (secondary N) is 2. The summed E-state index contributed by atoms with van der Waals surface area (Å²) in [5.74, 6) is 1.42. The molecular weight excluding hydrogens is 328 g/mol. The molecule has 1 saturated heterocycles. The zero-order valence-corrected chi connectivity index (χ0v) is 14.9. The summed E-state index contributed by atoms with van der Waals surface area (Å²) in [4.78, 5) is 2.34. The molecule has 24 heavy (non-hydrogen) atoms. The second-order valence-corrected chi connectivity index (χ2v) is 5.60. The summed E-state index contributed by atoms with van der Waals surface area (Å²) in [6.45, 7) is 5.25. The first-order chi connectivity index (χ1) is 11.7. The lowest BCUT2D eigenvalue weighted by molar-refractivity contribution is 0.0389. The van der Waals surface area contributed by atoms with E-state index in [0.717, 1.165) is 50.7 Å². The molecule has 1 aromatic carbocycles. The van der Waals surface area contributed by atoms with Crippen molar-refractivity contribution in [1.29, 1.82) is 0 Å². The van der Waals surface area contributed by atoms with Crippen LogP contribution in [0.1, 0.15) is 5.56 Å². The van der Waals surface area contributed by atoms with E-state index in [4.69, 9.17) is 26.4 Å². The van der Waals surface area contributed by atoms with Crippen LogP contribution in [0, 0.1) is 0 Å². The normalized spacial score (nSPS) is 15.2. The van der Waals surface area contributed by atoms with Gasteiger partial charge in [0.05, 0.1) is 33.6 Å². The molecule has 1 aromatic rings. The quantitative estimate of drug-likeness (QED) is 0.428. The van der Waals surface area contributed by atoms with Crippen molar-refractivity contribution in [3.05, 3.63) is 23.8 Å². The van der Waals surface area contributed by atoms with Crippen molar-refractivity contribution in [1.82, 2.24) is 15.6 Å². The predicted octanol–water partition coefficient (Wildman–Crippen LogP) is 0.834. The molecule has 1 fully saturated rings. The van der Waals surface area contributed by atoms with E-state index in [0.29, 0.717) is 10.9 Å². The Hall–Kier alpha value is -1.90. The Morgan fingerprint density at radius 2 is 2.12 bits per heavy atom. The number of nitrogens with zero attached hydrogens (tertiary/aromatic N) is 2. The first kappa shape index (κ1) is 18.4. The van der Waals surface area contributed by atoms with E-state index >= 15 is 0 Å². The van der Waals surface area contributed by atoms with E-state index in [1.807, 2.05) is 12.1 Å². The van der Waals surface area contributed by atoms with Crippen LogP contribution in [0.25, 0.3) is 0 Å². The van der Waals surface area contributed by atoms with Crippen LogP contribution in [0.15, 0.2) is 23.3 Å². The molecule has 0 saturated carbocycles. The van der Waals surface area contributed by atoms with Gasteiger partial charge in [0.25, 0.3) is 0 Å². The molecule has 2 rings (SSSR count). The standard InChI is InChI=1S/C16H24N4O3S/c1-21-14-4-3-13(15(11-14)22-2)12-18-19-16(24)17-5-6-20-7-9-23-10-8-20/h3-4,11-12H,5-10H2,1-2H3,(H2,17,19,24)/b18-12-. The van der Waals surface area contributed by atoms with Gasteiger partial charge in [0.2, 0.25) is 0 Å². The lowest BCUT2D eigenvalue weighted by atomic mass is 10.2. The first-order valence-electron chi connectivity index (χ1n) is 7.82. The molecule has 8 heteroatoms. The van der Waals surface area contributed by atoms with Crippen LogP contribution in [0.3, 0.4) is 0 Å². The van der Waals surface area contributed by atoms with Crippen LogP contribution in [0.4, 0.5) is 0 Å². The summed E-state index contributed by atoms with van der Waals surface area (Å²) in [5, 5.41) is 7.77. The largest absolute Gasteiger partial charge is 0.497 e. The smallest absolute Gasteiger partial charge is 0.187 e. The molecule has 0 bridgehead atoms. The fourth-order valence-electron chi connectivity index (χ4n) is 2.28. The number of methoxy groups -OCH3 is 2. The lowest BCUT2D eigenvalue weighted by Crippen LogP contribution is -2.42. The molecule has 1 aliphatic heterocycles. The van der Waals surface area contributed by atoms with Gasteiger partial charge >= 0.3 is 0 Å². The van der Waals surface area contributed by atoms with Gasteiger partial charge < -0.3 is 19.5 Å². The molecule has 0 spiro atoms. The number of hydrogen-bond donors (Lipinski definition) is 2. The maximum atomic E-state index is 5.32. The molecule has 132 valence electrons. The van der Waals surface area contributed by atoms with Gasteiger partial charge in [-0.1, -0.05) is 0 Å². The molecule has 0 aliphatic carbocycles. The van der Waals surface area contributed by atoms with Crippen LogP contribution in [0.2, 0.25) is 0 Å². The maximum absolute atomic E-state index is 5.32. The Kier molecular flexibility index (Phi) is 7.73. The number of ether oxygens (including phenoxy) is 3. The van der Waals surface area contributed by atoms with Crippen LogP contribution in [-0.2, 0) is 4.74 Å². The summed E-state index contributed by atoms with van der Waals surface area (Å²) in [6, 6.07) is 5.53. The summed E-state index contributed by atoms with van der Waals surface area (Å²) in [6.07, 6.45) is 1.66. The molecule has 0 amide bonds. The number of hydrazone groups is 1. The van der Waals surface area contributed by atoms with E-state index in [1.165, 1.54) is 0 Å². The maximum Gasteiger partial charge on any atom is 0.187 e. The van der Waals surface area contributed by atoms with Crippen LogP contribution in [-0.4, -0.2) is 69.8 Å². The van der Waals surface area contributed by atoms with Crippen molar-refractivity contribution in [3.63, 3.8) is 0 Å². The van der Waals surface area contributed by atoms with Crippen LogP contribution < -0.4 is 20.2 Å². The fourth-order valence-corrected chi connectivity index (χ4v) is 2.43. The fraction of sp³-hybridized carbons (Fsp3) is 0.500. The number of hydrogen-bond acceptors (Lipinski definition) is 6. The second-order valence-electron chi connectivity index (χ2n) is 5.19. The highest BCUT2D eigenvalue weighted by Crippen LogP contribution is 2.22. The molecule has 2 N–H and O–H groups in total. The number of morpholine rings is 1. The SMILES string of the molecule is COc1ccc(/C=N\NC(=S)NCCN2CCOCC2)c(OC)c1. The van der Waals surface area contributed by atoms with Gasteiger partial charge in [-0.2, -0.15) is 5.10 Å². The number of rotatable bonds is 7. The van der Waals surface area contributed by atoms with Gasteiger partial charge in [-0.3, -0.25) is 10.3 Å². The van der Waals surface area contributed by atoms with Crippen molar-refractivity contribution in [2.24, 2.45) is 5.10 Å². The Morgan fingerprint density at radius 3 is 2.83 bits per heavy atom. The first-order valence-corrected chi connectivity index (χ1v) is 8.23. The molecule has 1 aliphatic rings. The van der Waals surface area contributed by atoms with Crippen LogP contribution in [0.5, 0.6) is 11.5 Å². The van der Waals surface area contributed by atoms with Crippen molar-refractivity contribution in [2.45, 2.75) is 0 Å². The average Bonchev–Trinajstić information content (AvgIpc) is 2.62. The minimum Gasteiger partial charge on any atom is -0.497 e. The van der Waals surface area contributed by atoms with E-state index in [1.54, 1.807) is 26.5 Å². The Balaban J connectivity index is 1.73. The average molecular weight is 352 g/mol. The Morgan fingerprint density at radius 1 is 1.33 bits per heavy atom. The molecule has 0 aromatic heterocycles. The Labute approximate surface area is 147 Å². The zero-order chi connectivity index (χ0) is 17.2. The molecule has 0 radical (unpaired) electrons. The summed E-state index contributed by atoms with van der Waals surface area (Å²) < 4.78 is 15.8. The molecule has 7 nitrogen and oxygen atoms in total. The predicted molar refractivity (Wildman–Crippen MR) is 98.1 cm³/mol. The third-order valence-corrected chi connectivity index (χ3v) is 3.86. The zero-order valence-electron chi connectivity index (χ0n) is 14.1. The highest BCUT2D eigenvalue weighted by atomic mass is 32.1. The van der Waals surface area contributed by atoms with E-state index < -0.39 is 0 Å². The van der Waals surface area contributed by atoms with Gasteiger partial charge in [0, 0.05) is 37.8 Å². The van der Waals surface area contributed by atoms with E-state index in [9.17, 15) is 0 Å². The third kappa shape index (κ3) is 5.95. The van der Waals surface area contributed by atoms with Crippen molar-refractivity contribution in [3.8, 4) is 11.5 Å². The molecule has 0 atom stereocenters. The van der Waals surface area contributed by atoms with Gasteiger partial charge in [0.1, 0.15) is 11.5 Å². The van der Waals surface area contributed by atoms with E-state index in [2.05, 4.69) is 20.7 Å². The molecular formula is C16H24N4O3S. The van der Waals surface area contributed by atoms with E-state index in [-0.39, 0.29) is 0 Å². The summed E-state index contributed by atoms with van der Waals surface area (Å²) in [5.41, 5.74) is 3.64. The lowest BCUT2D eigenvalue weighted by Gasteiger charge is -2.26. The van der Waals surface area contributed by atoms with Crippen molar-refractivity contribution >= 4 is 23.5 Å².